The summed E-state index contributed by atoms with van der Waals surface area (Å²) in [6.45, 7) is 6.71. The number of piperidine rings is 1. The van der Waals surface area contributed by atoms with E-state index in [4.69, 9.17) is 0 Å². The van der Waals surface area contributed by atoms with Crippen LogP contribution in [0, 0.1) is 17.8 Å². The molecule has 2 N–H and O–H groups in total. The molecule has 2 amide bonds. The number of hydrogen-bond acceptors (Lipinski definition) is 4. The standard InChI is InChI=1S/C29H43N3O3/c1-20(2)28(34)27(22-8-4-3-5-9-22)31-29(35)24-11-6-10-23(16-24)25-12-7-15-32(19-25)26(33)18-30-17-21-13-14-21/h6,10-11,16,20-22,25,27,30H,3-5,7-9,12-15,17-19H2,1-2H3,(H,31,35)/t25?,27-/m1/s1. The highest BCUT2D eigenvalue weighted by Gasteiger charge is 2.32. The van der Waals surface area contributed by atoms with Gasteiger partial charge in [0, 0.05) is 30.5 Å². The maximum atomic E-state index is 13.3. The second-order valence-electron chi connectivity index (χ2n) is 11.3. The Kier molecular flexibility index (Phi) is 8.99. The quantitative estimate of drug-likeness (QED) is 0.522. The summed E-state index contributed by atoms with van der Waals surface area (Å²) in [4.78, 5) is 40.9. The molecule has 35 heavy (non-hydrogen) atoms. The molecule has 3 aliphatic rings. The first-order valence-electron chi connectivity index (χ1n) is 13.9. The summed E-state index contributed by atoms with van der Waals surface area (Å²) in [5, 5.41) is 6.43. The predicted molar refractivity (Wildman–Crippen MR) is 138 cm³/mol. The van der Waals surface area contributed by atoms with E-state index in [0.29, 0.717) is 18.7 Å². The van der Waals surface area contributed by atoms with Crippen LogP contribution in [0.15, 0.2) is 24.3 Å². The highest BCUT2D eigenvalue weighted by Crippen LogP contribution is 2.30. The van der Waals surface area contributed by atoms with E-state index in [1.807, 2.05) is 36.9 Å². The number of carbonyl (C=O) groups is 3. The monoisotopic (exact) mass is 481 g/mol. The second kappa shape index (κ2) is 12.2. The van der Waals surface area contributed by atoms with Crippen LogP contribution in [0.1, 0.15) is 93.5 Å². The number of hydrogen-bond donors (Lipinski definition) is 2. The zero-order valence-electron chi connectivity index (χ0n) is 21.6. The number of Topliss-reactive ketones (excluding diaryl/α,β-unsaturated/α-hetero) is 1. The van der Waals surface area contributed by atoms with E-state index in [1.54, 1.807) is 0 Å². The highest BCUT2D eigenvalue weighted by molar-refractivity contribution is 5.98. The molecule has 192 valence electrons. The summed E-state index contributed by atoms with van der Waals surface area (Å²) in [5.41, 5.74) is 1.71. The molecule has 0 bridgehead atoms. The van der Waals surface area contributed by atoms with E-state index in [-0.39, 0.29) is 35.4 Å². The van der Waals surface area contributed by atoms with Crippen molar-refractivity contribution in [2.45, 2.75) is 83.6 Å². The molecule has 0 radical (unpaired) electrons. The highest BCUT2D eigenvalue weighted by atomic mass is 16.2. The van der Waals surface area contributed by atoms with Crippen molar-refractivity contribution in [3.8, 4) is 0 Å². The smallest absolute Gasteiger partial charge is 0.251 e. The van der Waals surface area contributed by atoms with Gasteiger partial charge in [-0.05, 0) is 74.6 Å². The molecule has 6 nitrogen and oxygen atoms in total. The van der Waals surface area contributed by atoms with Gasteiger partial charge in [0.15, 0.2) is 5.78 Å². The van der Waals surface area contributed by atoms with Crippen molar-refractivity contribution in [1.82, 2.24) is 15.5 Å². The number of nitrogens with zero attached hydrogens (tertiary/aromatic N) is 1. The van der Waals surface area contributed by atoms with Crippen LogP contribution in [0.25, 0.3) is 0 Å². The number of ketones is 1. The summed E-state index contributed by atoms with van der Waals surface area (Å²) in [6.07, 6.45) is 10.0. The van der Waals surface area contributed by atoms with Gasteiger partial charge in [0.05, 0.1) is 12.6 Å². The van der Waals surface area contributed by atoms with E-state index >= 15 is 0 Å². The minimum absolute atomic E-state index is 0.0990. The zero-order valence-corrected chi connectivity index (χ0v) is 21.6. The third kappa shape index (κ3) is 7.16. The molecule has 3 fully saturated rings. The Bertz CT molecular complexity index is 889. The molecule has 1 aromatic carbocycles. The van der Waals surface area contributed by atoms with Crippen LogP contribution in [0.3, 0.4) is 0 Å². The molecular formula is C29H43N3O3. The maximum absolute atomic E-state index is 13.3. The lowest BCUT2D eigenvalue weighted by Gasteiger charge is -2.33. The number of carbonyl (C=O) groups excluding carboxylic acids is 3. The fourth-order valence-corrected chi connectivity index (χ4v) is 5.70. The molecule has 0 spiro atoms. The largest absolute Gasteiger partial charge is 0.342 e. The van der Waals surface area contributed by atoms with Gasteiger partial charge >= 0.3 is 0 Å². The average Bonchev–Trinajstić information content (AvgIpc) is 3.72. The lowest BCUT2D eigenvalue weighted by molar-refractivity contribution is -0.131. The van der Waals surface area contributed by atoms with Gasteiger partial charge < -0.3 is 15.5 Å². The van der Waals surface area contributed by atoms with Gasteiger partial charge in [-0.25, -0.2) is 0 Å². The zero-order chi connectivity index (χ0) is 24.8. The fraction of sp³-hybridized carbons (Fsp3) is 0.690. The molecule has 6 heteroatoms. The molecule has 1 heterocycles. The first-order valence-corrected chi connectivity index (χ1v) is 13.9. The van der Waals surface area contributed by atoms with Crippen LogP contribution in [0.4, 0.5) is 0 Å². The van der Waals surface area contributed by atoms with Crippen LogP contribution in [-0.4, -0.2) is 54.7 Å². The van der Waals surface area contributed by atoms with Crippen LogP contribution in [0.2, 0.25) is 0 Å². The minimum Gasteiger partial charge on any atom is -0.342 e. The van der Waals surface area contributed by atoms with Crippen molar-refractivity contribution in [1.29, 1.82) is 0 Å². The number of rotatable bonds is 10. The van der Waals surface area contributed by atoms with Crippen molar-refractivity contribution < 1.29 is 14.4 Å². The Morgan fingerprint density at radius 1 is 1.00 bits per heavy atom. The van der Waals surface area contributed by atoms with Crippen molar-refractivity contribution in [3.63, 3.8) is 0 Å². The lowest BCUT2D eigenvalue weighted by atomic mass is 9.80. The number of nitrogens with one attached hydrogen (secondary N) is 2. The van der Waals surface area contributed by atoms with Gasteiger partial charge in [0.2, 0.25) is 5.91 Å². The van der Waals surface area contributed by atoms with Gasteiger partial charge in [0.1, 0.15) is 0 Å². The summed E-state index contributed by atoms with van der Waals surface area (Å²) < 4.78 is 0. The van der Waals surface area contributed by atoms with Gasteiger partial charge in [-0.3, -0.25) is 14.4 Å². The van der Waals surface area contributed by atoms with Crippen LogP contribution < -0.4 is 10.6 Å². The molecule has 2 aliphatic carbocycles. The van der Waals surface area contributed by atoms with Crippen molar-refractivity contribution in [2.24, 2.45) is 17.8 Å². The number of benzene rings is 1. The van der Waals surface area contributed by atoms with Gasteiger partial charge in [-0.1, -0.05) is 45.2 Å². The van der Waals surface area contributed by atoms with E-state index in [9.17, 15) is 14.4 Å². The molecule has 1 aliphatic heterocycles. The molecule has 1 aromatic rings. The topological polar surface area (TPSA) is 78.5 Å². The third-order valence-electron chi connectivity index (χ3n) is 8.08. The first-order chi connectivity index (χ1) is 16.9. The molecule has 4 rings (SSSR count). The SMILES string of the molecule is CC(C)C(=O)[C@H](NC(=O)c1cccc(C2CCCN(C(=O)CNCC3CC3)C2)c1)C1CCCCC1. The number of likely N-dealkylation sites (tertiary alicyclic amines) is 1. The summed E-state index contributed by atoms with van der Waals surface area (Å²) in [7, 11) is 0. The Balaban J connectivity index is 1.38. The van der Waals surface area contributed by atoms with Crippen LogP contribution in [0.5, 0.6) is 0 Å². The second-order valence-corrected chi connectivity index (χ2v) is 11.3. The predicted octanol–water partition coefficient (Wildman–Crippen LogP) is 4.30. The third-order valence-corrected chi connectivity index (χ3v) is 8.08. The average molecular weight is 482 g/mol. The fourth-order valence-electron chi connectivity index (χ4n) is 5.70. The molecule has 1 unspecified atom stereocenters. The Morgan fingerprint density at radius 2 is 1.77 bits per heavy atom. The van der Waals surface area contributed by atoms with Crippen LogP contribution in [-0.2, 0) is 9.59 Å². The minimum atomic E-state index is -0.405. The lowest BCUT2D eigenvalue weighted by Crippen LogP contribution is -2.48. The van der Waals surface area contributed by atoms with E-state index in [1.165, 1.54) is 19.3 Å². The summed E-state index contributed by atoms with van der Waals surface area (Å²) >= 11 is 0. The van der Waals surface area contributed by atoms with Gasteiger partial charge in [0.25, 0.3) is 5.91 Å². The molecule has 0 aromatic heterocycles. The van der Waals surface area contributed by atoms with Gasteiger partial charge in [-0.15, -0.1) is 0 Å². The molecule has 2 saturated carbocycles. The van der Waals surface area contributed by atoms with Gasteiger partial charge in [-0.2, -0.15) is 0 Å². The normalized spacial score (nSPS) is 22.1. The first kappa shape index (κ1) is 25.9. The van der Waals surface area contributed by atoms with E-state index < -0.39 is 6.04 Å². The van der Waals surface area contributed by atoms with E-state index in [0.717, 1.165) is 63.1 Å². The molecule has 2 atom stereocenters. The van der Waals surface area contributed by atoms with Crippen molar-refractivity contribution >= 4 is 17.6 Å². The Hall–Kier alpha value is -2.21. The van der Waals surface area contributed by atoms with E-state index in [2.05, 4.69) is 16.7 Å². The number of amides is 2. The summed E-state index contributed by atoms with van der Waals surface area (Å²) in [5.74, 6) is 1.28. The Labute approximate surface area is 210 Å². The summed E-state index contributed by atoms with van der Waals surface area (Å²) in [6, 6.07) is 7.40. The van der Waals surface area contributed by atoms with Crippen molar-refractivity contribution in [3.05, 3.63) is 35.4 Å². The maximum Gasteiger partial charge on any atom is 0.251 e. The molecular weight excluding hydrogens is 438 g/mol. The Morgan fingerprint density at radius 3 is 2.49 bits per heavy atom. The van der Waals surface area contributed by atoms with Crippen LogP contribution >= 0.6 is 0 Å². The van der Waals surface area contributed by atoms with Crippen molar-refractivity contribution in [2.75, 3.05) is 26.2 Å². The molecule has 1 saturated heterocycles.